The van der Waals surface area contributed by atoms with Gasteiger partial charge in [0.25, 0.3) is 0 Å². The zero-order valence-electron chi connectivity index (χ0n) is 13.2. The summed E-state index contributed by atoms with van der Waals surface area (Å²) in [5.41, 5.74) is 0.915. The number of ether oxygens (including phenoxy) is 3. The van der Waals surface area contributed by atoms with E-state index in [0.29, 0.717) is 32.2 Å². The van der Waals surface area contributed by atoms with Gasteiger partial charge in [0, 0.05) is 6.07 Å². The smallest absolute Gasteiger partial charge is 0.126 e. The third-order valence-corrected chi connectivity index (χ3v) is 2.46. The Morgan fingerprint density at radius 2 is 1.90 bits per heavy atom. The molecule has 2 rings (SSSR count). The van der Waals surface area contributed by atoms with Crippen LogP contribution in [0.25, 0.3) is 0 Å². The molecule has 1 fully saturated rings. The van der Waals surface area contributed by atoms with E-state index in [1.165, 1.54) is 12.1 Å². The minimum absolute atomic E-state index is 0.0589. The van der Waals surface area contributed by atoms with Gasteiger partial charge >= 0.3 is 0 Å². The minimum atomic E-state index is -0.290. The highest BCUT2D eigenvalue weighted by molar-refractivity contribution is 5.32. The molecule has 1 aliphatic heterocycles. The predicted octanol–water partition coefficient (Wildman–Crippen LogP) is 3.98. The van der Waals surface area contributed by atoms with Crippen molar-refractivity contribution < 1.29 is 18.6 Å². The number of halogens is 1. The van der Waals surface area contributed by atoms with Crippen LogP contribution in [0.4, 0.5) is 4.39 Å². The van der Waals surface area contributed by atoms with Crippen molar-refractivity contribution in [3.63, 3.8) is 0 Å². The Morgan fingerprint density at radius 3 is 2.50 bits per heavy atom. The van der Waals surface area contributed by atoms with Crippen LogP contribution in [0.1, 0.15) is 33.3 Å². The first kappa shape index (κ1) is 18.9. The molecule has 1 saturated heterocycles. The van der Waals surface area contributed by atoms with Crippen molar-refractivity contribution in [2.75, 3.05) is 26.4 Å². The summed E-state index contributed by atoms with van der Waals surface area (Å²) in [6.07, 6.45) is -0.0589. The van der Waals surface area contributed by atoms with E-state index in [-0.39, 0.29) is 11.9 Å². The van der Waals surface area contributed by atoms with Gasteiger partial charge in [0.2, 0.25) is 0 Å². The quantitative estimate of drug-likeness (QED) is 0.841. The number of aryl methyl sites for hydroxylation is 1. The van der Waals surface area contributed by atoms with Crippen LogP contribution in [-0.2, 0) is 9.47 Å². The SMILES string of the molecule is CC.CC.Cc1ccc(F)cc1OCC1COCCO1. The Kier molecular flexibility index (Phi) is 11.0. The first-order chi connectivity index (χ1) is 9.75. The fourth-order valence-corrected chi connectivity index (χ4v) is 1.54. The summed E-state index contributed by atoms with van der Waals surface area (Å²) >= 11 is 0. The maximum Gasteiger partial charge on any atom is 0.126 e. The molecule has 1 unspecified atom stereocenters. The highest BCUT2D eigenvalue weighted by atomic mass is 19.1. The molecule has 0 radical (unpaired) electrons. The topological polar surface area (TPSA) is 27.7 Å². The van der Waals surface area contributed by atoms with Crippen LogP contribution in [0.3, 0.4) is 0 Å². The van der Waals surface area contributed by atoms with Crippen LogP contribution in [0.2, 0.25) is 0 Å². The maximum absolute atomic E-state index is 13.0. The lowest BCUT2D eigenvalue weighted by molar-refractivity contribution is -0.101. The summed E-state index contributed by atoms with van der Waals surface area (Å²) in [6.45, 7) is 12.0. The van der Waals surface area contributed by atoms with E-state index in [4.69, 9.17) is 14.2 Å². The Balaban J connectivity index is 0.000000829. The average Bonchev–Trinajstić information content (AvgIpc) is 2.53. The molecule has 1 aliphatic rings. The molecule has 1 aromatic carbocycles. The highest BCUT2D eigenvalue weighted by Gasteiger charge is 2.15. The fraction of sp³-hybridized carbons (Fsp3) is 0.625. The van der Waals surface area contributed by atoms with Gasteiger partial charge < -0.3 is 14.2 Å². The molecule has 4 heteroatoms. The lowest BCUT2D eigenvalue weighted by Crippen LogP contribution is -2.33. The van der Waals surface area contributed by atoms with Gasteiger partial charge in [-0.15, -0.1) is 0 Å². The largest absolute Gasteiger partial charge is 0.490 e. The monoisotopic (exact) mass is 286 g/mol. The highest BCUT2D eigenvalue weighted by Crippen LogP contribution is 2.19. The van der Waals surface area contributed by atoms with Crippen molar-refractivity contribution in [1.29, 1.82) is 0 Å². The van der Waals surface area contributed by atoms with E-state index in [9.17, 15) is 4.39 Å². The second-order valence-electron chi connectivity index (χ2n) is 3.79. The summed E-state index contributed by atoms with van der Waals surface area (Å²) in [7, 11) is 0. The second kappa shape index (κ2) is 11.7. The Bertz CT molecular complexity index is 350. The van der Waals surface area contributed by atoms with E-state index in [2.05, 4.69) is 0 Å². The molecule has 0 saturated carbocycles. The summed E-state index contributed by atoms with van der Waals surface area (Å²) < 4.78 is 29.2. The number of benzene rings is 1. The van der Waals surface area contributed by atoms with E-state index in [1.54, 1.807) is 6.07 Å². The summed E-state index contributed by atoms with van der Waals surface area (Å²) in [5.74, 6) is 0.274. The lowest BCUT2D eigenvalue weighted by Gasteiger charge is -2.23. The molecule has 1 heterocycles. The van der Waals surface area contributed by atoms with Gasteiger partial charge in [0.05, 0.1) is 19.8 Å². The van der Waals surface area contributed by atoms with Crippen LogP contribution in [0.15, 0.2) is 18.2 Å². The summed E-state index contributed by atoms with van der Waals surface area (Å²) in [6, 6.07) is 4.50. The summed E-state index contributed by atoms with van der Waals surface area (Å²) in [5, 5.41) is 0. The zero-order valence-corrected chi connectivity index (χ0v) is 13.2. The normalized spacial score (nSPS) is 17.2. The average molecular weight is 286 g/mol. The molecule has 3 nitrogen and oxygen atoms in total. The molecule has 0 aromatic heterocycles. The molecule has 20 heavy (non-hydrogen) atoms. The number of hydrogen-bond donors (Lipinski definition) is 0. The molecule has 0 amide bonds. The molecule has 0 aliphatic carbocycles. The zero-order chi connectivity index (χ0) is 15.4. The van der Waals surface area contributed by atoms with Gasteiger partial charge in [-0.25, -0.2) is 4.39 Å². The van der Waals surface area contributed by atoms with Crippen molar-refractivity contribution in [3.05, 3.63) is 29.6 Å². The Morgan fingerprint density at radius 1 is 1.20 bits per heavy atom. The van der Waals surface area contributed by atoms with Crippen LogP contribution in [-0.4, -0.2) is 32.5 Å². The van der Waals surface area contributed by atoms with Crippen molar-refractivity contribution in [2.45, 2.75) is 40.7 Å². The van der Waals surface area contributed by atoms with E-state index in [0.717, 1.165) is 5.56 Å². The standard InChI is InChI=1S/C12H15FO3.2C2H6/c1-9-2-3-10(13)6-12(9)16-8-11-7-14-4-5-15-11;2*1-2/h2-3,6,11H,4-5,7-8H2,1H3;2*1-2H3. The Labute approximate surface area is 122 Å². The molecule has 1 atom stereocenters. The van der Waals surface area contributed by atoms with Gasteiger partial charge in [-0.05, 0) is 18.6 Å². The first-order valence-corrected chi connectivity index (χ1v) is 7.34. The molecule has 0 spiro atoms. The van der Waals surface area contributed by atoms with E-state index < -0.39 is 0 Å². The number of hydrogen-bond acceptors (Lipinski definition) is 3. The minimum Gasteiger partial charge on any atom is -0.490 e. The third-order valence-electron chi connectivity index (χ3n) is 2.46. The molecule has 1 aromatic rings. The van der Waals surface area contributed by atoms with Crippen molar-refractivity contribution in [1.82, 2.24) is 0 Å². The lowest BCUT2D eigenvalue weighted by atomic mass is 10.2. The van der Waals surface area contributed by atoms with Gasteiger partial charge in [0.15, 0.2) is 0 Å². The summed E-state index contributed by atoms with van der Waals surface area (Å²) in [4.78, 5) is 0. The van der Waals surface area contributed by atoms with E-state index in [1.807, 2.05) is 34.6 Å². The maximum atomic E-state index is 13.0. The molecular formula is C16H27FO3. The fourth-order valence-electron chi connectivity index (χ4n) is 1.54. The van der Waals surface area contributed by atoms with Gasteiger partial charge in [-0.1, -0.05) is 33.8 Å². The third kappa shape index (κ3) is 6.87. The van der Waals surface area contributed by atoms with E-state index >= 15 is 0 Å². The Hall–Kier alpha value is -1.13. The predicted molar refractivity (Wildman–Crippen MR) is 79.9 cm³/mol. The van der Waals surface area contributed by atoms with Crippen LogP contribution in [0, 0.1) is 12.7 Å². The van der Waals surface area contributed by atoms with Gasteiger partial charge in [-0.3, -0.25) is 0 Å². The molecule has 0 bridgehead atoms. The molecule has 116 valence electrons. The molecular weight excluding hydrogens is 259 g/mol. The number of rotatable bonds is 3. The van der Waals surface area contributed by atoms with Crippen LogP contribution >= 0.6 is 0 Å². The van der Waals surface area contributed by atoms with Crippen molar-refractivity contribution >= 4 is 0 Å². The van der Waals surface area contributed by atoms with Crippen LogP contribution < -0.4 is 4.74 Å². The van der Waals surface area contributed by atoms with Gasteiger partial charge in [-0.2, -0.15) is 0 Å². The second-order valence-corrected chi connectivity index (χ2v) is 3.79. The first-order valence-electron chi connectivity index (χ1n) is 7.34. The van der Waals surface area contributed by atoms with Crippen molar-refractivity contribution in [3.8, 4) is 5.75 Å². The molecule has 0 N–H and O–H groups in total. The van der Waals surface area contributed by atoms with Gasteiger partial charge in [0.1, 0.15) is 24.3 Å². The van der Waals surface area contributed by atoms with Crippen molar-refractivity contribution in [2.24, 2.45) is 0 Å². The van der Waals surface area contributed by atoms with Crippen LogP contribution in [0.5, 0.6) is 5.75 Å².